The third-order valence-electron chi connectivity index (χ3n) is 2.75. The van der Waals surface area contributed by atoms with E-state index in [4.69, 9.17) is 4.74 Å². The second-order valence-electron chi connectivity index (χ2n) is 4.19. The lowest BCUT2D eigenvalue weighted by Gasteiger charge is -2.12. The number of benzene rings is 1. The van der Waals surface area contributed by atoms with Crippen LogP contribution in [0, 0.1) is 0 Å². The number of hydrogen-bond acceptors (Lipinski definition) is 4. The quantitative estimate of drug-likeness (QED) is 0.766. The summed E-state index contributed by atoms with van der Waals surface area (Å²) in [4.78, 5) is 35.0. The minimum absolute atomic E-state index is 0.0112. The largest absolute Gasteiger partial charge is 0.445 e. The number of nitrogens with one attached hydrogen (secondary N) is 2. The minimum Gasteiger partial charge on any atom is -0.445 e. The maximum absolute atomic E-state index is 11.4. The van der Waals surface area contributed by atoms with Crippen molar-refractivity contribution in [2.45, 2.75) is 6.61 Å². The van der Waals surface area contributed by atoms with Gasteiger partial charge in [0.15, 0.2) is 0 Å². The highest BCUT2D eigenvalue weighted by molar-refractivity contribution is 6.01. The number of rotatable bonds is 5. The number of urea groups is 1. The SMILES string of the molecule is O=C(NCCN1C(=O)CNC1=O)OCc1ccccc1. The van der Waals surface area contributed by atoms with Crippen molar-refractivity contribution in [2.24, 2.45) is 0 Å². The molecule has 2 N–H and O–H groups in total. The third kappa shape index (κ3) is 3.71. The van der Waals surface area contributed by atoms with E-state index in [9.17, 15) is 14.4 Å². The molecule has 1 aromatic rings. The molecule has 0 aromatic heterocycles. The molecule has 0 saturated carbocycles. The van der Waals surface area contributed by atoms with Gasteiger partial charge in [-0.25, -0.2) is 9.59 Å². The fourth-order valence-corrected chi connectivity index (χ4v) is 1.73. The van der Waals surface area contributed by atoms with E-state index in [1.54, 1.807) is 0 Å². The number of hydrogen-bond donors (Lipinski definition) is 2. The Hall–Kier alpha value is -2.57. The van der Waals surface area contributed by atoms with Gasteiger partial charge in [0.1, 0.15) is 6.61 Å². The van der Waals surface area contributed by atoms with E-state index in [0.29, 0.717) is 0 Å². The van der Waals surface area contributed by atoms with Crippen LogP contribution in [-0.2, 0) is 16.1 Å². The fraction of sp³-hybridized carbons (Fsp3) is 0.308. The van der Waals surface area contributed by atoms with Crippen LogP contribution in [0.3, 0.4) is 0 Å². The van der Waals surface area contributed by atoms with Crippen LogP contribution in [0.5, 0.6) is 0 Å². The Kier molecular flexibility index (Phi) is 4.54. The van der Waals surface area contributed by atoms with E-state index in [2.05, 4.69) is 10.6 Å². The number of ether oxygens (including phenoxy) is 1. The van der Waals surface area contributed by atoms with Crippen LogP contribution in [0.1, 0.15) is 5.56 Å². The van der Waals surface area contributed by atoms with Gasteiger partial charge in [0.05, 0.1) is 6.54 Å². The summed E-state index contributed by atoms with van der Waals surface area (Å²) in [5, 5.41) is 4.88. The van der Waals surface area contributed by atoms with Crippen molar-refractivity contribution in [3.63, 3.8) is 0 Å². The van der Waals surface area contributed by atoms with Crippen LogP contribution in [0.2, 0.25) is 0 Å². The lowest BCUT2D eigenvalue weighted by atomic mass is 10.2. The fourth-order valence-electron chi connectivity index (χ4n) is 1.73. The molecule has 0 aliphatic carbocycles. The van der Waals surface area contributed by atoms with Gasteiger partial charge in [0, 0.05) is 13.1 Å². The first-order chi connectivity index (χ1) is 9.66. The average Bonchev–Trinajstić information content (AvgIpc) is 2.78. The Labute approximate surface area is 115 Å². The molecule has 1 fully saturated rings. The molecule has 0 bridgehead atoms. The topological polar surface area (TPSA) is 87.7 Å². The second kappa shape index (κ2) is 6.55. The third-order valence-corrected chi connectivity index (χ3v) is 2.75. The van der Waals surface area contributed by atoms with Crippen LogP contribution in [0.4, 0.5) is 9.59 Å². The number of amides is 4. The Bertz CT molecular complexity index is 488. The van der Waals surface area contributed by atoms with Gasteiger partial charge in [0.25, 0.3) is 0 Å². The van der Waals surface area contributed by atoms with Gasteiger partial charge in [-0.1, -0.05) is 30.3 Å². The molecule has 7 nitrogen and oxygen atoms in total. The first kappa shape index (κ1) is 13.9. The lowest BCUT2D eigenvalue weighted by molar-refractivity contribution is -0.124. The summed E-state index contributed by atoms with van der Waals surface area (Å²) >= 11 is 0. The van der Waals surface area contributed by atoms with Gasteiger partial charge in [-0.2, -0.15) is 0 Å². The van der Waals surface area contributed by atoms with Crippen LogP contribution in [0.25, 0.3) is 0 Å². The van der Waals surface area contributed by atoms with Gasteiger partial charge in [-0.3, -0.25) is 9.69 Å². The molecule has 106 valence electrons. The second-order valence-corrected chi connectivity index (χ2v) is 4.19. The van der Waals surface area contributed by atoms with Gasteiger partial charge in [-0.15, -0.1) is 0 Å². The summed E-state index contributed by atoms with van der Waals surface area (Å²) in [5.41, 5.74) is 0.886. The molecule has 0 atom stereocenters. The molecule has 1 aromatic carbocycles. The van der Waals surface area contributed by atoms with Crippen molar-refractivity contribution in [3.8, 4) is 0 Å². The van der Waals surface area contributed by atoms with E-state index in [1.165, 1.54) is 0 Å². The number of nitrogens with zero attached hydrogens (tertiary/aromatic N) is 1. The van der Waals surface area contributed by atoms with Crippen molar-refractivity contribution < 1.29 is 19.1 Å². The Morgan fingerprint density at radius 2 is 2.05 bits per heavy atom. The smallest absolute Gasteiger partial charge is 0.407 e. The maximum atomic E-state index is 11.4. The van der Waals surface area contributed by atoms with Crippen LogP contribution < -0.4 is 10.6 Å². The van der Waals surface area contributed by atoms with E-state index < -0.39 is 12.1 Å². The highest BCUT2D eigenvalue weighted by atomic mass is 16.5. The maximum Gasteiger partial charge on any atom is 0.407 e. The first-order valence-electron chi connectivity index (χ1n) is 6.19. The summed E-state index contributed by atoms with van der Waals surface area (Å²) in [6.45, 7) is 0.477. The molecular weight excluding hydrogens is 262 g/mol. The molecular formula is C13H15N3O4. The van der Waals surface area contributed by atoms with Gasteiger partial charge < -0.3 is 15.4 Å². The monoisotopic (exact) mass is 277 g/mol. The molecule has 20 heavy (non-hydrogen) atoms. The van der Waals surface area contributed by atoms with Crippen molar-refractivity contribution in [2.75, 3.05) is 19.6 Å². The first-order valence-corrected chi connectivity index (χ1v) is 6.19. The van der Waals surface area contributed by atoms with Gasteiger partial charge >= 0.3 is 12.1 Å². The van der Waals surface area contributed by atoms with Crippen LogP contribution >= 0.6 is 0 Å². The summed E-state index contributed by atoms with van der Waals surface area (Å²) in [6.07, 6.45) is -0.582. The highest BCUT2D eigenvalue weighted by Gasteiger charge is 2.27. The van der Waals surface area contributed by atoms with Gasteiger partial charge in [0.2, 0.25) is 5.91 Å². The molecule has 1 saturated heterocycles. The Morgan fingerprint density at radius 3 is 2.70 bits per heavy atom. The predicted molar refractivity (Wildman–Crippen MR) is 69.7 cm³/mol. The van der Waals surface area contributed by atoms with E-state index in [0.717, 1.165) is 10.5 Å². The van der Waals surface area contributed by atoms with Crippen LogP contribution in [-0.4, -0.2) is 42.6 Å². The predicted octanol–water partition coefficient (Wildman–Crippen LogP) is 0.465. The zero-order valence-corrected chi connectivity index (χ0v) is 10.8. The van der Waals surface area contributed by atoms with Crippen molar-refractivity contribution in [3.05, 3.63) is 35.9 Å². The average molecular weight is 277 g/mol. The lowest BCUT2D eigenvalue weighted by Crippen LogP contribution is -2.38. The standard InChI is InChI=1S/C13H15N3O4/c17-11-8-15-12(18)16(11)7-6-14-13(19)20-9-10-4-2-1-3-5-10/h1-5H,6-9H2,(H,14,19)(H,15,18). The summed E-state index contributed by atoms with van der Waals surface area (Å²) in [7, 11) is 0. The number of carbonyl (C=O) groups is 3. The Morgan fingerprint density at radius 1 is 1.30 bits per heavy atom. The number of alkyl carbamates (subject to hydrolysis) is 1. The molecule has 0 spiro atoms. The number of carbonyl (C=O) groups excluding carboxylic acids is 3. The van der Waals surface area contributed by atoms with E-state index in [-0.39, 0.29) is 32.1 Å². The molecule has 0 radical (unpaired) electrons. The summed E-state index contributed by atoms with van der Waals surface area (Å²) < 4.78 is 4.99. The number of imide groups is 1. The minimum atomic E-state index is -0.582. The van der Waals surface area contributed by atoms with Gasteiger partial charge in [-0.05, 0) is 5.56 Å². The molecule has 7 heteroatoms. The normalized spacial score (nSPS) is 14.1. The van der Waals surface area contributed by atoms with E-state index >= 15 is 0 Å². The molecule has 2 rings (SSSR count). The van der Waals surface area contributed by atoms with Crippen molar-refractivity contribution in [1.29, 1.82) is 0 Å². The highest BCUT2D eigenvalue weighted by Crippen LogP contribution is 2.00. The zero-order chi connectivity index (χ0) is 14.4. The summed E-state index contributed by atoms with van der Waals surface area (Å²) in [6, 6.07) is 8.85. The molecule has 1 aliphatic heterocycles. The van der Waals surface area contributed by atoms with Crippen molar-refractivity contribution in [1.82, 2.24) is 15.5 Å². The van der Waals surface area contributed by atoms with Crippen LogP contribution in [0.15, 0.2) is 30.3 Å². The molecule has 1 heterocycles. The Balaban J connectivity index is 1.65. The molecule has 0 unspecified atom stereocenters. The van der Waals surface area contributed by atoms with Crippen molar-refractivity contribution >= 4 is 18.0 Å². The summed E-state index contributed by atoms with van der Waals surface area (Å²) in [5.74, 6) is -0.297. The molecule has 1 aliphatic rings. The zero-order valence-electron chi connectivity index (χ0n) is 10.8. The van der Waals surface area contributed by atoms with E-state index in [1.807, 2.05) is 30.3 Å². The molecule has 4 amide bonds.